The molecule has 3 N–H and O–H groups in total. The number of anilines is 1. The van der Waals surface area contributed by atoms with Crippen LogP contribution in [0.25, 0.3) is 0 Å². The van der Waals surface area contributed by atoms with Gasteiger partial charge in [0.2, 0.25) is 0 Å². The molecule has 2 atom stereocenters. The van der Waals surface area contributed by atoms with Gasteiger partial charge >= 0.3 is 12.0 Å². The molecule has 0 fully saturated rings. The van der Waals surface area contributed by atoms with Crippen molar-refractivity contribution >= 4 is 17.7 Å². The van der Waals surface area contributed by atoms with Gasteiger partial charge in [-0.3, -0.25) is 0 Å². The molecular formula is C23H31N4O4+. The number of urea groups is 1. The van der Waals surface area contributed by atoms with E-state index in [-0.39, 0.29) is 12.6 Å². The number of furan rings is 1. The number of benzene rings is 1. The Morgan fingerprint density at radius 3 is 2.48 bits per heavy atom. The molecule has 0 spiro atoms. The average Bonchev–Trinajstić information content (AvgIpc) is 3.28. The first-order valence-electron chi connectivity index (χ1n) is 10.5. The first-order valence-corrected chi connectivity index (χ1v) is 10.5. The maximum absolute atomic E-state index is 12.8. The van der Waals surface area contributed by atoms with Gasteiger partial charge in [0.1, 0.15) is 24.9 Å². The molecule has 2 aromatic rings. The summed E-state index contributed by atoms with van der Waals surface area (Å²) in [4.78, 5) is 28.5. The summed E-state index contributed by atoms with van der Waals surface area (Å²) in [5.74, 6) is 0.0323. The summed E-state index contributed by atoms with van der Waals surface area (Å²) in [5.41, 5.74) is 3.26. The molecular weight excluding hydrogens is 396 g/mol. The topological polar surface area (TPSA) is 88.2 Å². The van der Waals surface area contributed by atoms with E-state index in [9.17, 15) is 9.59 Å². The molecule has 1 aromatic carbocycles. The second-order valence-electron chi connectivity index (χ2n) is 7.68. The van der Waals surface area contributed by atoms with Gasteiger partial charge in [0.05, 0.1) is 30.7 Å². The van der Waals surface area contributed by atoms with Gasteiger partial charge in [-0.15, -0.1) is 0 Å². The number of ether oxygens (including phenoxy) is 1. The number of rotatable bonds is 9. The Kier molecular flexibility index (Phi) is 7.36. The van der Waals surface area contributed by atoms with Crippen molar-refractivity contribution in [3.05, 3.63) is 65.3 Å². The van der Waals surface area contributed by atoms with Crippen LogP contribution in [0.4, 0.5) is 10.5 Å². The van der Waals surface area contributed by atoms with Crippen LogP contribution in [0.2, 0.25) is 0 Å². The predicted octanol–water partition coefficient (Wildman–Crippen LogP) is 1.62. The Balaban J connectivity index is 1.88. The number of esters is 1. The minimum Gasteiger partial charge on any atom is -0.467 e. The Hall–Kier alpha value is -3.26. The molecule has 1 aliphatic heterocycles. The zero-order valence-corrected chi connectivity index (χ0v) is 18.5. The lowest BCUT2D eigenvalue weighted by Gasteiger charge is -2.29. The summed E-state index contributed by atoms with van der Waals surface area (Å²) < 4.78 is 10.8. The number of carbonyl (C=O) groups is 2. The van der Waals surface area contributed by atoms with Crippen LogP contribution in [-0.4, -0.2) is 45.8 Å². The normalized spacial score (nSPS) is 17.0. The maximum Gasteiger partial charge on any atom is 0.338 e. The van der Waals surface area contributed by atoms with E-state index in [2.05, 4.69) is 46.7 Å². The highest BCUT2D eigenvalue weighted by Gasteiger charge is 2.36. The zero-order valence-electron chi connectivity index (χ0n) is 18.5. The fraction of sp³-hybridized carbons (Fsp3) is 0.391. The van der Waals surface area contributed by atoms with Crippen LogP contribution in [0.5, 0.6) is 0 Å². The van der Waals surface area contributed by atoms with Crippen molar-refractivity contribution in [2.75, 3.05) is 38.7 Å². The minimum absolute atomic E-state index is 0.247. The summed E-state index contributed by atoms with van der Waals surface area (Å²) in [5, 5.41) is 5.61. The number of hydrogen-bond acceptors (Lipinski definition) is 5. The predicted molar refractivity (Wildman–Crippen MR) is 118 cm³/mol. The van der Waals surface area contributed by atoms with Gasteiger partial charge in [-0.25, -0.2) is 9.59 Å². The summed E-state index contributed by atoms with van der Waals surface area (Å²) in [6.07, 6.45) is 1.52. The third-order valence-corrected chi connectivity index (χ3v) is 5.31. The summed E-state index contributed by atoms with van der Waals surface area (Å²) in [6.45, 7) is 6.15. The van der Waals surface area contributed by atoms with Gasteiger partial charge in [-0.2, -0.15) is 0 Å². The first kappa shape index (κ1) is 22.4. The molecule has 8 heteroatoms. The summed E-state index contributed by atoms with van der Waals surface area (Å²) in [7, 11) is 4.02. The van der Waals surface area contributed by atoms with Crippen LogP contribution < -0.4 is 20.4 Å². The monoisotopic (exact) mass is 427 g/mol. The third kappa shape index (κ3) is 5.46. The molecule has 166 valence electrons. The molecule has 1 aromatic heterocycles. The number of amides is 2. The maximum atomic E-state index is 12.8. The number of nitrogens with zero attached hydrogens (tertiary/aromatic N) is 1. The van der Waals surface area contributed by atoms with E-state index >= 15 is 0 Å². The molecule has 1 unspecified atom stereocenters. The quantitative estimate of drug-likeness (QED) is 0.530. The van der Waals surface area contributed by atoms with Crippen molar-refractivity contribution < 1.29 is 23.6 Å². The van der Waals surface area contributed by atoms with E-state index in [1.165, 1.54) is 16.7 Å². The van der Waals surface area contributed by atoms with Crippen molar-refractivity contribution in [2.24, 2.45) is 0 Å². The Morgan fingerprint density at radius 1 is 1.16 bits per heavy atom. The lowest BCUT2D eigenvalue weighted by Crippen LogP contribution is -3.10. The Bertz CT molecular complexity index is 920. The van der Waals surface area contributed by atoms with Crippen molar-refractivity contribution in [3.8, 4) is 0 Å². The van der Waals surface area contributed by atoms with Crippen molar-refractivity contribution in [2.45, 2.75) is 26.4 Å². The van der Waals surface area contributed by atoms with Crippen molar-refractivity contribution in [1.29, 1.82) is 0 Å². The smallest absolute Gasteiger partial charge is 0.338 e. The standard InChI is InChI=1S/C23H30N4O4/c1-5-27(14-16-9-11-17(12-10-16)26(3)4)15-18-20(22(28)30-6-2)21(25-23(29)24-18)19-8-7-13-31-19/h7-13,21H,5-6,14-15H2,1-4H3,(H2,24,25,29)/p+1/t21-/m0/s1. The summed E-state index contributed by atoms with van der Waals surface area (Å²) >= 11 is 0. The van der Waals surface area contributed by atoms with Gasteiger partial charge in [0, 0.05) is 25.3 Å². The van der Waals surface area contributed by atoms with E-state index in [0.29, 0.717) is 23.6 Å². The van der Waals surface area contributed by atoms with Gasteiger partial charge in [0.15, 0.2) is 0 Å². The number of nitrogens with one attached hydrogen (secondary N) is 3. The zero-order chi connectivity index (χ0) is 22.4. The Morgan fingerprint density at radius 2 is 1.90 bits per heavy atom. The molecule has 8 nitrogen and oxygen atoms in total. The number of hydrogen-bond donors (Lipinski definition) is 3. The second kappa shape index (κ2) is 10.2. The van der Waals surface area contributed by atoms with Crippen molar-refractivity contribution in [3.63, 3.8) is 0 Å². The highest BCUT2D eigenvalue weighted by atomic mass is 16.5. The van der Waals surface area contributed by atoms with E-state index in [1.807, 2.05) is 14.1 Å². The Labute approximate surface area is 182 Å². The van der Waals surface area contributed by atoms with Crippen LogP contribution in [-0.2, 0) is 16.1 Å². The molecule has 2 amide bonds. The third-order valence-electron chi connectivity index (χ3n) is 5.31. The first-order chi connectivity index (χ1) is 14.9. The molecule has 31 heavy (non-hydrogen) atoms. The van der Waals surface area contributed by atoms with Gasteiger partial charge in [-0.05, 0) is 38.1 Å². The molecule has 0 saturated carbocycles. The molecule has 3 rings (SSSR count). The molecule has 0 aliphatic carbocycles. The van der Waals surface area contributed by atoms with Gasteiger partial charge in [-0.1, -0.05) is 12.1 Å². The van der Waals surface area contributed by atoms with Crippen LogP contribution in [0.3, 0.4) is 0 Å². The van der Waals surface area contributed by atoms with Crippen LogP contribution in [0, 0.1) is 0 Å². The fourth-order valence-electron chi connectivity index (χ4n) is 3.64. The van der Waals surface area contributed by atoms with Gasteiger partial charge < -0.3 is 29.6 Å². The van der Waals surface area contributed by atoms with E-state index in [1.54, 1.807) is 19.1 Å². The minimum atomic E-state index is -0.685. The fourth-order valence-corrected chi connectivity index (χ4v) is 3.64. The molecule has 0 bridgehead atoms. The lowest BCUT2D eigenvalue weighted by atomic mass is 9.99. The van der Waals surface area contributed by atoms with E-state index in [4.69, 9.17) is 9.15 Å². The highest BCUT2D eigenvalue weighted by molar-refractivity contribution is 5.95. The molecule has 0 radical (unpaired) electrons. The van der Waals surface area contributed by atoms with Crippen LogP contribution >= 0.6 is 0 Å². The summed E-state index contributed by atoms with van der Waals surface area (Å²) in [6, 6.07) is 10.8. The highest BCUT2D eigenvalue weighted by Crippen LogP contribution is 2.27. The van der Waals surface area contributed by atoms with Crippen molar-refractivity contribution in [1.82, 2.24) is 10.6 Å². The van der Waals surface area contributed by atoms with E-state index < -0.39 is 12.0 Å². The van der Waals surface area contributed by atoms with Crippen LogP contribution in [0.1, 0.15) is 31.2 Å². The molecule has 1 aliphatic rings. The largest absolute Gasteiger partial charge is 0.467 e. The number of quaternary nitrogens is 1. The lowest BCUT2D eigenvalue weighted by molar-refractivity contribution is -0.907. The second-order valence-corrected chi connectivity index (χ2v) is 7.68. The van der Waals surface area contributed by atoms with Crippen LogP contribution in [0.15, 0.2) is 58.3 Å². The average molecular weight is 428 g/mol. The van der Waals surface area contributed by atoms with E-state index in [0.717, 1.165) is 18.8 Å². The molecule has 2 heterocycles. The number of carbonyl (C=O) groups excluding carboxylic acids is 2. The molecule has 0 saturated heterocycles. The van der Waals surface area contributed by atoms with Gasteiger partial charge in [0.25, 0.3) is 0 Å². The number of likely N-dealkylation sites (N-methyl/N-ethyl adjacent to an activating group) is 1. The SMILES string of the molecule is CCOC(=O)C1=C(C[NH+](CC)Cc2ccc(N(C)C)cc2)NC(=O)N[C@H]1c1ccco1.